The maximum Gasteiger partial charge on any atom is 0.319 e. The third-order valence-electron chi connectivity index (χ3n) is 4.67. The monoisotopic (exact) mass is 448 g/mol. The van der Waals surface area contributed by atoms with Gasteiger partial charge in [-0.15, -0.1) is 0 Å². The van der Waals surface area contributed by atoms with Crippen molar-refractivity contribution in [1.29, 1.82) is 0 Å². The lowest BCUT2D eigenvalue weighted by atomic mass is 10.3. The number of carbonyl (C=O) groups excluding carboxylic acids is 1. The van der Waals surface area contributed by atoms with E-state index < -0.39 is 16.1 Å². The molecule has 1 aliphatic heterocycles. The van der Waals surface area contributed by atoms with Gasteiger partial charge < -0.3 is 20.1 Å². The number of amides is 2. The summed E-state index contributed by atoms with van der Waals surface area (Å²) in [6.07, 6.45) is 3.09. The first-order chi connectivity index (χ1) is 14.8. The number of aromatic nitrogens is 1. The number of anilines is 1. The van der Waals surface area contributed by atoms with Gasteiger partial charge in [-0.05, 0) is 43.7 Å². The number of nitrogens with one attached hydrogen (secondary N) is 2. The summed E-state index contributed by atoms with van der Waals surface area (Å²) < 4.78 is 37.8. The number of urea groups is 1. The third-order valence-corrected chi connectivity index (χ3v) is 6.48. The number of hydrogen-bond acceptors (Lipinski definition) is 6. The molecule has 168 valence electrons. The average molecular weight is 449 g/mol. The molecule has 31 heavy (non-hydrogen) atoms. The number of benzene rings is 1. The molecule has 3 rings (SSSR count). The summed E-state index contributed by atoms with van der Waals surface area (Å²) in [5.41, 5.74) is 1.53. The van der Waals surface area contributed by atoms with Crippen molar-refractivity contribution < 1.29 is 22.7 Å². The molecule has 2 atom stereocenters. The quantitative estimate of drug-likeness (QED) is 0.641. The van der Waals surface area contributed by atoms with Gasteiger partial charge in [0.15, 0.2) is 0 Å². The summed E-state index contributed by atoms with van der Waals surface area (Å²) in [5, 5.41) is 5.28. The molecule has 1 aromatic carbocycles. The highest BCUT2D eigenvalue weighted by Gasteiger charge is 2.30. The molecule has 9 nitrogen and oxygen atoms in total. The second-order valence-corrected chi connectivity index (χ2v) is 9.53. The molecule has 1 saturated heterocycles. The maximum absolute atomic E-state index is 12.5. The van der Waals surface area contributed by atoms with Gasteiger partial charge in [0.2, 0.25) is 10.0 Å². The number of morpholine rings is 1. The Hall–Kier alpha value is -2.69. The number of sulfonamides is 1. The van der Waals surface area contributed by atoms with Crippen LogP contribution < -0.4 is 15.4 Å². The lowest BCUT2D eigenvalue weighted by molar-refractivity contribution is -0.0440. The van der Waals surface area contributed by atoms with Crippen molar-refractivity contribution in [2.75, 3.05) is 30.7 Å². The van der Waals surface area contributed by atoms with Crippen molar-refractivity contribution in [3.05, 3.63) is 54.4 Å². The Morgan fingerprint density at radius 3 is 2.61 bits per heavy atom. The summed E-state index contributed by atoms with van der Waals surface area (Å²) >= 11 is 0. The minimum absolute atomic E-state index is 0.00647. The van der Waals surface area contributed by atoms with Gasteiger partial charge in [0, 0.05) is 43.8 Å². The van der Waals surface area contributed by atoms with Gasteiger partial charge in [-0.25, -0.2) is 13.2 Å². The number of hydrogen-bond donors (Lipinski definition) is 2. The van der Waals surface area contributed by atoms with Crippen LogP contribution in [-0.4, -0.2) is 61.3 Å². The van der Waals surface area contributed by atoms with E-state index in [0.717, 1.165) is 5.56 Å². The van der Waals surface area contributed by atoms with Crippen molar-refractivity contribution >= 4 is 21.7 Å². The van der Waals surface area contributed by atoms with E-state index >= 15 is 0 Å². The second-order valence-electron chi connectivity index (χ2n) is 7.44. The lowest BCUT2D eigenvalue weighted by Gasteiger charge is -2.34. The van der Waals surface area contributed by atoms with Crippen LogP contribution in [0.2, 0.25) is 0 Å². The highest BCUT2D eigenvalue weighted by atomic mass is 32.2. The second kappa shape index (κ2) is 10.6. The molecule has 2 aromatic rings. The lowest BCUT2D eigenvalue weighted by Crippen LogP contribution is -2.49. The zero-order valence-electron chi connectivity index (χ0n) is 17.7. The van der Waals surface area contributed by atoms with Crippen LogP contribution in [0.15, 0.2) is 48.8 Å². The number of ether oxygens (including phenoxy) is 2. The summed E-state index contributed by atoms with van der Waals surface area (Å²) in [6.45, 7) is 4.73. The van der Waals surface area contributed by atoms with Crippen LogP contribution in [0.4, 0.5) is 10.5 Å². The van der Waals surface area contributed by atoms with E-state index in [-0.39, 0.29) is 24.5 Å². The molecule has 1 fully saturated rings. The van der Waals surface area contributed by atoms with Gasteiger partial charge in [-0.1, -0.05) is 6.07 Å². The van der Waals surface area contributed by atoms with Gasteiger partial charge in [0.05, 0.1) is 18.0 Å². The van der Waals surface area contributed by atoms with Crippen LogP contribution in [0.1, 0.15) is 19.4 Å². The Labute approximate surface area is 182 Å². The normalized spacial score (nSPS) is 19.5. The number of rotatable bonds is 8. The molecule has 1 aliphatic rings. The molecule has 10 heteroatoms. The molecular formula is C21H28N4O5S. The van der Waals surface area contributed by atoms with Crippen molar-refractivity contribution in [3.8, 4) is 5.75 Å². The Balaban J connectivity index is 1.45. The van der Waals surface area contributed by atoms with Crippen LogP contribution in [0.5, 0.6) is 5.75 Å². The summed E-state index contributed by atoms with van der Waals surface area (Å²) in [4.78, 5) is 16.1. The van der Waals surface area contributed by atoms with E-state index in [9.17, 15) is 13.2 Å². The molecule has 0 saturated carbocycles. The van der Waals surface area contributed by atoms with E-state index in [2.05, 4.69) is 15.6 Å². The fourth-order valence-electron chi connectivity index (χ4n) is 3.27. The third kappa shape index (κ3) is 7.20. The smallest absolute Gasteiger partial charge is 0.319 e. The van der Waals surface area contributed by atoms with Crippen LogP contribution in [-0.2, 0) is 21.4 Å². The molecule has 2 amide bonds. The van der Waals surface area contributed by atoms with Gasteiger partial charge in [0.1, 0.15) is 12.4 Å². The highest BCUT2D eigenvalue weighted by molar-refractivity contribution is 7.89. The average Bonchev–Trinajstić information content (AvgIpc) is 2.72. The fourth-order valence-corrected chi connectivity index (χ4v) is 4.76. The predicted octanol–water partition coefficient (Wildman–Crippen LogP) is 2.22. The topological polar surface area (TPSA) is 110 Å². The molecule has 0 aliphatic carbocycles. The van der Waals surface area contributed by atoms with Crippen molar-refractivity contribution in [2.45, 2.75) is 32.7 Å². The molecule has 0 unspecified atom stereocenters. The van der Waals surface area contributed by atoms with E-state index in [1.165, 1.54) is 4.31 Å². The van der Waals surface area contributed by atoms with E-state index in [0.29, 0.717) is 31.1 Å². The molecule has 2 N–H and O–H groups in total. The minimum atomic E-state index is -3.47. The molecule has 0 radical (unpaired) electrons. The van der Waals surface area contributed by atoms with E-state index in [1.807, 2.05) is 26.0 Å². The van der Waals surface area contributed by atoms with E-state index in [1.54, 1.807) is 36.7 Å². The summed E-state index contributed by atoms with van der Waals surface area (Å²) in [7, 11) is -3.47. The Morgan fingerprint density at radius 2 is 1.90 bits per heavy atom. The van der Waals surface area contributed by atoms with Crippen LogP contribution in [0.3, 0.4) is 0 Å². The zero-order valence-corrected chi connectivity index (χ0v) is 18.5. The Kier molecular flexibility index (Phi) is 7.83. The first kappa shape index (κ1) is 23.0. The molecule has 0 bridgehead atoms. The van der Waals surface area contributed by atoms with Crippen molar-refractivity contribution in [2.24, 2.45) is 0 Å². The largest absolute Gasteiger partial charge is 0.489 e. The Bertz CT molecular complexity index is 961. The molecule has 2 heterocycles. The molecular weight excluding hydrogens is 420 g/mol. The van der Waals surface area contributed by atoms with Gasteiger partial charge in [-0.2, -0.15) is 4.31 Å². The maximum atomic E-state index is 12.5. The van der Waals surface area contributed by atoms with Crippen LogP contribution in [0, 0.1) is 0 Å². The molecule has 1 aromatic heterocycles. The number of pyridine rings is 1. The van der Waals surface area contributed by atoms with Crippen molar-refractivity contribution in [1.82, 2.24) is 14.6 Å². The standard InChI is InChI=1S/C21H28N4O5S/c1-16-13-25(14-17(2)30-16)31(27,28)11-10-23-21(26)24-19-4-3-5-20(12-19)29-15-18-6-8-22-9-7-18/h3-9,12,16-17H,10-11,13-15H2,1-2H3,(H2,23,24,26)/t16-,17+. The first-order valence-corrected chi connectivity index (χ1v) is 11.7. The van der Waals surface area contributed by atoms with E-state index in [4.69, 9.17) is 9.47 Å². The van der Waals surface area contributed by atoms with Crippen LogP contribution >= 0.6 is 0 Å². The molecule has 0 spiro atoms. The first-order valence-electron chi connectivity index (χ1n) is 10.1. The predicted molar refractivity (Wildman–Crippen MR) is 117 cm³/mol. The highest BCUT2D eigenvalue weighted by Crippen LogP contribution is 2.18. The minimum Gasteiger partial charge on any atom is -0.489 e. The number of nitrogens with zero attached hydrogens (tertiary/aromatic N) is 2. The SMILES string of the molecule is C[C@@H]1CN(S(=O)(=O)CCNC(=O)Nc2cccc(OCc3ccncc3)c2)C[C@H](C)O1. The zero-order chi connectivity index (χ0) is 22.3. The van der Waals surface area contributed by atoms with Crippen molar-refractivity contribution in [3.63, 3.8) is 0 Å². The van der Waals surface area contributed by atoms with Gasteiger partial charge >= 0.3 is 6.03 Å². The fraction of sp³-hybridized carbons (Fsp3) is 0.429. The number of carbonyl (C=O) groups is 1. The summed E-state index contributed by atoms with van der Waals surface area (Å²) in [6, 6.07) is 10.2. The van der Waals surface area contributed by atoms with Crippen LogP contribution in [0.25, 0.3) is 0 Å². The Morgan fingerprint density at radius 1 is 1.19 bits per heavy atom. The summed E-state index contributed by atoms with van der Waals surface area (Å²) in [5.74, 6) is 0.433. The van der Waals surface area contributed by atoms with Gasteiger partial charge in [0.25, 0.3) is 0 Å². The van der Waals surface area contributed by atoms with Gasteiger partial charge in [-0.3, -0.25) is 4.98 Å².